The van der Waals surface area contributed by atoms with Crippen molar-refractivity contribution in [2.75, 3.05) is 13.2 Å². The number of hydrogen-bond acceptors (Lipinski definition) is 4. The Kier molecular flexibility index (Phi) is 4.60. The van der Waals surface area contributed by atoms with Crippen LogP contribution in [0.2, 0.25) is 0 Å². The van der Waals surface area contributed by atoms with Gasteiger partial charge in [0, 0.05) is 12.1 Å². The van der Waals surface area contributed by atoms with Crippen molar-refractivity contribution < 1.29 is 18.3 Å². The van der Waals surface area contributed by atoms with Gasteiger partial charge >= 0.3 is 0 Å². The van der Waals surface area contributed by atoms with Crippen LogP contribution < -0.4 is 10.1 Å². The van der Waals surface area contributed by atoms with E-state index in [0.717, 1.165) is 5.76 Å². The summed E-state index contributed by atoms with van der Waals surface area (Å²) in [5.74, 6) is 1.12. The molecule has 3 aromatic rings. The number of amides is 1. The predicted octanol–water partition coefficient (Wildman–Crippen LogP) is 2.93. The maximum absolute atomic E-state index is 13.0. The van der Waals surface area contributed by atoms with Gasteiger partial charge in [0.1, 0.15) is 29.6 Å². The molecule has 7 heteroatoms. The van der Waals surface area contributed by atoms with Crippen molar-refractivity contribution in [1.29, 1.82) is 0 Å². The molecule has 0 saturated heterocycles. The van der Waals surface area contributed by atoms with E-state index in [1.54, 1.807) is 24.3 Å². The Hall–Kier alpha value is -3.09. The summed E-state index contributed by atoms with van der Waals surface area (Å²) >= 11 is 0. The number of benzene rings is 1. The van der Waals surface area contributed by atoms with Crippen LogP contribution in [0.3, 0.4) is 0 Å². The van der Waals surface area contributed by atoms with Crippen LogP contribution in [0.5, 0.6) is 5.75 Å². The van der Waals surface area contributed by atoms with Gasteiger partial charge in [-0.15, -0.1) is 0 Å². The van der Waals surface area contributed by atoms with Crippen LogP contribution >= 0.6 is 0 Å². The van der Waals surface area contributed by atoms with E-state index in [4.69, 9.17) is 9.15 Å². The molecule has 0 saturated carbocycles. The molecule has 3 rings (SSSR count). The summed E-state index contributed by atoms with van der Waals surface area (Å²) in [4.78, 5) is 12.0. The molecule has 0 unspecified atom stereocenters. The van der Waals surface area contributed by atoms with E-state index in [1.165, 1.54) is 12.1 Å². The van der Waals surface area contributed by atoms with Crippen LogP contribution in [0.4, 0.5) is 4.39 Å². The number of hydrogen-bond donors (Lipinski definition) is 2. The summed E-state index contributed by atoms with van der Waals surface area (Å²) in [5.41, 5.74) is 0.883. The second-order valence-corrected chi connectivity index (χ2v) is 5.14. The smallest absolute Gasteiger partial charge is 0.271 e. The zero-order chi connectivity index (χ0) is 16.9. The number of aromatic nitrogens is 2. The molecule has 1 amide bonds. The first-order valence-corrected chi connectivity index (χ1v) is 7.40. The largest absolute Gasteiger partial charge is 0.492 e. The predicted molar refractivity (Wildman–Crippen MR) is 85.3 cm³/mol. The standard InChI is InChI=1S/C17H16FN3O3/c1-11-5-6-16(24-11)14-10-15(21-20-14)17(22)19-7-8-23-13-4-2-3-12(18)9-13/h2-6,9-10H,7-8H2,1H3,(H,19,22)(H,20,21). The third-order valence-electron chi connectivity index (χ3n) is 3.27. The van der Waals surface area contributed by atoms with Crippen LogP contribution in [0.15, 0.2) is 46.9 Å². The van der Waals surface area contributed by atoms with Crippen molar-refractivity contribution >= 4 is 5.91 Å². The summed E-state index contributed by atoms with van der Waals surface area (Å²) in [6.07, 6.45) is 0. The van der Waals surface area contributed by atoms with Crippen molar-refractivity contribution in [3.63, 3.8) is 0 Å². The lowest BCUT2D eigenvalue weighted by Gasteiger charge is -2.06. The Morgan fingerprint density at radius 3 is 2.96 bits per heavy atom. The molecule has 6 nitrogen and oxygen atoms in total. The number of furan rings is 1. The van der Waals surface area contributed by atoms with Gasteiger partial charge in [0.25, 0.3) is 5.91 Å². The van der Waals surface area contributed by atoms with E-state index in [0.29, 0.717) is 17.2 Å². The van der Waals surface area contributed by atoms with Gasteiger partial charge in [0.2, 0.25) is 0 Å². The van der Waals surface area contributed by atoms with E-state index < -0.39 is 0 Å². The first-order valence-electron chi connectivity index (χ1n) is 7.40. The van der Waals surface area contributed by atoms with Gasteiger partial charge in [0.05, 0.1) is 6.54 Å². The molecule has 2 aromatic heterocycles. The molecule has 0 aliphatic heterocycles. The van der Waals surface area contributed by atoms with E-state index in [2.05, 4.69) is 15.5 Å². The van der Waals surface area contributed by atoms with Crippen LogP contribution in [0.1, 0.15) is 16.2 Å². The normalized spacial score (nSPS) is 10.6. The molecule has 124 valence electrons. The van der Waals surface area contributed by atoms with Crippen molar-refractivity contribution in [3.8, 4) is 17.2 Å². The van der Waals surface area contributed by atoms with Crippen LogP contribution in [-0.4, -0.2) is 29.3 Å². The highest BCUT2D eigenvalue weighted by atomic mass is 19.1. The summed E-state index contributed by atoms with van der Waals surface area (Å²) in [6.45, 7) is 2.34. The van der Waals surface area contributed by atoms with E-state index >= 15 is 0 Å². The Labute approximate surface area is 137 Å². The first kappa shape index (κ1) is 15.8. The van der Waals surface area contributed by atoms with Gasteiger partial charge in [-0.3, -0.25) is 9.89 Å². The molecule has 0 spiro atoms. The van der Waals surface area contributed by atoms with Crippen LogP contribution in [0, 0.1) is 12.7 Å². The lowest BCUT2D eigenvalue weighted by molar-refractivity contribution is 0.0942. The summed E-state index contributed by atoms with van der Waals surface area (Å²) < 4.78 is 23.8. The molecule has 0 aliphatic rings. The minimum atomic E-state index is -0.367. The molecule has 0 bridgehead atoms. The van der Waals surface area contributed by atoms with Gasteiger partial charge in [-0.2, -0.15) is 5.10 Å². The van der Waals surface area contributed by atoms with Gasteiger partial charge in [-0.05, 0) is 31.2 Å². The second kappa shape index (κ2) is 6.99. The first-order chi connectivity index (χ1) is 11.6. The number of carbonyl (C=O) groups is 1. The van der Waals surface area contributed by atoms with Gasteiger partial charge in [-0.25, -0.2) is 4.39 Å². The maximum atomic E-state index is 13.0. The van der Waals surface area contributed by atoms with E-state index in [1.807, 2.05) is 13.0 Å². The zero-order valence-corrected chi connectivity index (χ0v) is 13.0. The quantitative estimate of drug-likeness (QED) is 0.682. The molecule has 24 heavy (non-hydrogen) atoms. The minimum absolute atomic E-state index is 0.226. The number of carbonyl (C=O) groups excluding carboxylic acids is 1. The maximum Gasteiger partial charge on any atom is 0.271 e. The van der Waals surface area contributed by atoms with E-state index in [9.17, 15) is 9.18 Å². The molecule has 0 aliphatic carbocycles. The average molecular weight is 329 g/mol. The van der Waals surface area contributed by atoms with E-state index in [-0.39, 0.29) is 30.6 Å². The number of ether oxygens (including phenoxy) is 1. The minimum Gasteiger partial charge on any atom is -0.492 e. The highest BCUT2D eigenvalue weighted by molar-refractivity contribution is 5.93. The van der Waals surface area contributed by atoms with Gasteiger partial charge in [0.15, 0.2) is 11.5 Å². The number of nitrogens with zero attached hydrogens (tertiary/aromatic N) is 1. The Balaban J connectivity index is 1.49. The topological polar surface area (TPSA) is 80.1 Å². The highest BCUT2D eigenvalue weighted by Gasteiger charge is 2.12. The molecule has 0 fully saturated rings. The molecular formula is C17H16FN3O3. The van der Waals surface area contributed by atoms with Gasteiger partial charge in [-0.1, -0.05) is 6.07 Å². The van der Waals surface area contributed by atoms with Crippen LogP contribution in [-0.2, 0) is 0 Å². The number of halogens is 1. The summed E-state index contributed by atoms with van der Waals surface area (Å²) in [7, 11) is 0. The van der Waals surface area contributed by atoms with Gasteiger partial charge < -0.3 is 14.5 Å². The van der Waals surface area contributed by atoms with Crippen molar-refractivity contribution in [3.05, 3.63) is 59.7 Å². The lowest BCUT2D eigenvalue weighted by Crippen LogP contribution is -2.28. The average Bonchev–Trinajstić information content (AvgIpc) is 3.20. The van der Waals surface area contributed by atoms with Crippen molar-refractivity contribution in [2.24, 2.45) is 0 Å². The summed E-state index contributed by atoms with van der Waals surface area (Å²) in [5, 5.41) is 9.41. The fourth-order valence-corrected chi connectivity index (χ4v) is 2.12. The van der Waals surface area contributed by atoms with Crippen LogP contribution in [0.25, 0.3) is 11.5 Å². The molecule has 1 aromatic carbocycles. The third kappa shape index (κ3) is 3.81. The molecule has 2 N–H and O–H groups in total. The Morgan fingerprint density at radius 1 is 1.33 bits per heavy atom. The Morgan fingerprint density at radius 2 is 2.21 bits per heavy atom. The second-order valence-electron chi connectivity index (χ2n) is 5.14. The number of H-pyrrole nitrogens is 1. The number of nitrogens with one attached hydrogen (secondary N) is 2. The molecular weight excluding hydrogens is 313 g/mol. The lowest BCUT2D eigenvalue weighted by atomic mass is 10.3. The monoisotopic (exact) mass is 329 g/mol. The highest BCUT2D eigenvalue weighted by Crippen LogP contribution is 2.20. The fourth-order valence-electron chi connectivity index (χ4n) is 2.12. The summed E-state index contributed by atoms with van der Waals surface area (Å²) in [6, 6.07) is 11.1. The fraction of sp³-hybridized carbons (Fsp3) is 0.176. The number of aromatic amines is 1. The SMILES string of the molecule is Cc1ccc(-c2cc(C(=O)NCCOc3cccc(F)c3)n[nH]2)o1. The zero-order valence-electron chi connectivity index (χ0n) is 13.0. The molecule has 0 atom stereocenters. The van der Waals surface area contributed by atoms with Crippen molar-refractivity contribution in [2.45, 2.75) is 6.92 Å². The number of rotatable bonds is 6. The third-order valence-corrected chi connectivity index (χ3v) is 3.27. The molecule has 2 heterocycles. The Bertz CT molecular complexity index is 841. The van der Waals surface area contributed by atoms with Crippen molar-refractivity contribution in [1.82, 2.24) is 15.5 Å². The molecule has 0 radical (unpaired) electrons. The number of aryl methyl sites for hydroxylation is 1.